The van der Waals surface area contributed by atoms with Gasteiger partial charge in [-0.1, -0.05) is 0 Å². The Labute approximate surface area is 131 Å². The minimum Gasteiger partial charge on any atom is -0.358 e. The van der Waals surface area contributed by atoms with Crippen LogP contribution in [0.5, 0.6) is 0 Å². The van der Waals surface area contributed by atoms with E-state index in [4.69, 9.17) is 0 Å². The number of rotatable bonds is 0. The monoisotopic (exact) mass is 341 g/mol. The van der Waals surface area contributed by atoms with Gasteiger partial charge in [-0.15, -0.1) is 0 Å². The molecule has 0 saturated heterocycles. The molecule has 0 unspecified atom stereocenters. The van der Waals surface area contributed by atoms with Crippen molar-refractivity contribution in [2.24, 2.45) is 0 Å². The molecule has 0 amide bonds. The molecule has 0 bridgehead atoms. The molecule has 0 aliphatic carbocycles. The van der Waals surface area contributed by atoms with E-state index in [1.807, 2.05) is 0 Å². The zero-order valence-corrected chi connectivity index (χ0v) is 15.0. The molecule has 0 aromatic heterocycles. The van der Waals surface area contributed by atoms with E-state index in [-0.39, 0.29) is 120 Å². The van der Waals surface area contributed by atoms with Gasteiger partial charge in [0.2, 0.25) is 0 Å². The van der Waals surface area contributed by atoms with Crippen LogP contribution in [0.15, 0.2) is 0 Å². The van der Waals surface area contributed by atoms with Gasteiger partial charge < -0.3 is 29.2 Å². The number of hydrogen-bond donors (Lipinski definition) is 0. The van der Waals surface area contributed by atoms with Crippen LogP contribution in [0, 0.1) is 29.2 Å². The largest absolute Gasteiger partial charge is 3.00 e. The fourth-order valence-electron chi connectivity index (χ4n) is 0. The molecule has 0 nitrogen and oxygen atoms in total. The van der Waals surface area contributed by atoms with E-state index in [0.29, 0.717) is 0 Å². The van der Waals surface area contributed by atoms with Crippen LogP contribution < -0.4 is 0 Å². The van der Waals surface area contributed by atoms with Gasteiger partial charge >= 0.3 is 32.7 Å². The molecule has 0 atom stereocenters. The third kappa shape index (κ3) is 58.7. The molecule has 0 rings (SSSR count). The van der Waals surface area contributed by atoms with E-state index in [2.05, 4.69) is 6.92 Å². The maximum atomic E-state index is 3.25. The van der Waals surface area contributed by atoms with Crippen LogP contribution in [0.1, 0.15) is 6.92 Å². The molecule has 0 saturated carbocycles. The first-order chi connectivity index (χ1) is 1.00. The van der Waals surface area contributed by atoms with Crippen LogP contribution in [0.2, 0.25) is 0 Å². The Bertz CT molecular complexity index is 7.64. The van der Waals surface area contributed by atoms with Crippen molar-refractivity contribution in [3.63, 3.8) is 0 Å². The zero-order valence-electron chi connectivity index (χ0n) is 6.44. The predicted octanol–water partition coefficient (Wildman–Crippen LogP) is 2.18. The average molecular weight is 341 g/mol. The molecule has 0 aliphatic heterocycles. The van der Waals surface area contributed by atoms with Crippen molar-refractivity contribution in [1.82, 2.24) is 0 Å². The van der Waals surface area contributed by atoms with Crippen molar-refractivity contribution >= 4 is 0 Å². The van der Waals surface area contributed by atoms with Crippen molar-refractivity contribution in [2.75, 3.05) is 0 Å². The normalized spacial score (nSPS) is 0.750. The summed E-state index contributed by atoms with van der Waals surface area (Å²) in [7, 11) is 0. The third-order valence-corrected chi connectivity index (χ3v) is 0. The second-order valence-corrected chi connectivity index (χ2v) is 0. The first-order valence-electron chi connectivity index (χ1n) is 0.707. The van der Waals surface area contributed by atoms with E-state index >= 15 is 0 Å². The summed E-state index contributed by atoms with van der Waals surface area (Å²) in [6.45, 7) is 5.00. The molecule has 2 radical (unpaired) electrons. The van der Waals surface area contributed by atoms with Crippen molar-refractivity contribution < 1.29 is 98.1 Å². The van der Waals surface area contributed by atoms with Crippen molar-refractivity contribution in [2.45, 2.75) is 6.92 Å². The second-order valence-electron chi connectivity index (χ2n) is 0. The van der Waals surface area contributed by atoms with E-state index in [1.165, 1.54) is 0 Å². The van der Waals surface area contributed by atoms with E-state index in [1.54, 1.807) is 6.92 Å². The predicted molar refractivity (Wildman–Crippen MR) is 30.3 cm³/mol. The molecule has 0 fully saturated rings. The molecule has 0 N–H and O–H groups in total. The first kappa shape index (κ1) is 64.7. The van der Waals surface area contributed by atoms with E-state index in [9.17, 15) is 0 Å². The maximum absolute atomic E-state index is 3.25. The molecule has 3 heteroatoms. The van der Waals surface area contributed by atoms with Crippen LogP contribution in [0.4, 0.5) is 0 Å². The Morgan fingerprint density at radius 1 is 0.750 bits per heavy atom. The third-order valence-electron chi connectivity index (χ3n) is 0. The molecule has 0 heterocycles. The molecule has 8 heavy (non-hydrogen) atoms. The van der Waals surface area contributed by atoms with Gasteiger partial charge in [0.1, 0.15) is 0 Å². The fourth-order valence-corrected chi connectivity index (χ4v) is 0. The number of hydrogen-bond acceptors (Lipinski definition) is 0. The molecule has 0 aromatic rings. The van der Waals surface area contributed by atoms with E-state index in [0.717, 1.165) is 0 Å². The van der Waals surface area contributed by atoms with Gasteiger partial charge in [0.15, 0.2) is 0 Å². The van der Waals surface area contributed by atoms with Crippen molar-refractivity contribution in [3.05, 3.63) is 29.2 Å². The Kier molecular flexibility index (Phi) is 659. The molecular weight excluding hydrogens is 327 g/mol. The van der Waals surface area contributed by atoms with Crippen LogP contribution in [-0.4, -0.2) is 0 Å². The van der Waals surface area contributed by atoms with Crippen molar-refractivity contribution in [1.29, 1.82) is 0 Å². The summed E-state index contributed by atoms with van der Waals surface area (Å²) >= 11 is 0. The van der Waals surface area contributed by atoms with Crippen LogP contribution in [-0.2, 0) is 98.1 Å². The SMILES string of the molecule is [CH2-]C.[CH3-].[CH3-].[CH3-].[Y+3].[Y].[Y]. The van der Waals surface area contributed by atoms with Gasteiger partial charge in [0.25, 0.3) is 0 Å². The average Bonchev–Trinajstić information content (AvgIpc) is 1.00. The van der Waals surface area contributed by atoms with Gasteiger partial charge in [0, 0.05) is 65.4 Å². The van der Waals surface area contributed by atoms with Crippen LogP contribution >= 0.6 is 0 Å². The summed E-state index contributed by atoms with van der Waals surface area (Å²) in [5.41, 5.74) is 0. The Balaban J connectivity index is -0.000000000333. The van der Waals surface area contributed by atoms with Gasteiger partial charge in [-0.3, -0.25) is 0 Å². The van der Waals surface area contributed by atoms with Gasteiger partial charge in [-0.05, 0) is 0 Å². The van der Waals surface area contributed by atoms with Crippen LogP contribution in [0.25, 0.3) is 0 Å². The van der Waals surface area contributed by atoms with Gasteiger partial charge in [-0.2, -0.15) is 6.92 Å². The molecule has 0 aromatic carbocycles. The summed E-state index contributed by atoms with van der Waals surface area (Å²) in [6.07, 6.45) is 0. The summed E-state index contributed by atoms with van der Waals surface area (Å²) < 4.78 is 0. The molecule has 0 aliphatic rings. The maximum Gasteiger partial charge on any atom is 3.00 e. The van der Waals surface area contributed by atoms with E-state index < -0.39 is 0 Å². The quantitative estimate of drug-likeness (QED) is 0.593. The standard InChI is InChI=1S/C2H5.3CH3.3Y/c1-2;;;;;;/h1H2,2H3;3*1H3;;;/q4*-1;;;+3. The van der Waals surface area contributed by atoms with Crippen molar-refractivity contribution in [3.8, 4) is 0 Å². The topological polar surface area (TPSA) is 0 Å². The Hall–Kier alpha value is 3.31. The first-order valence-corrected chi connectivity index (χ1v) is 0.707. The van der Waals surface area contributed by atoms with Gasteiger partial charge in [-0.25, -0.2) is 0 Å². The minimum absolute atomic E-state index is 0. The Morgan fingerprint density at radius 3 is 0.750 bits per heavy atom. The molecule has 44 valence electrons. The van der Waals surface area contributed by atoms with Gasteiger partial charge in [0.05, 0.1) is 0 Å². The van der Waals surface area contributed by atoms with Crippen LogP contribution in [0.3, 0.4) is 0 Å². The summed E-state index contributed by atoms with van der Waals surface area (Å²) in [4.78, 5) is 0. The second kappa shape index (κ2) is 81.5. The molecular formula is C5H14Y3-. The smallest absolute Gasteiger partial charge is 0.358 e. The summed E-state index contributed by atoms with van der Waals surface area (Å²) in [5.74, 6) is 0. The molecule has 0 spiro atoms. The minimum atomic E-state index is 0. The zero-order chi connectivity index (χ0) is 2.00. The fraction of sp³-hybridized carbons (Fsp3) is 0.200. The summed E-state index contributed by atoms with van der Waals surface area (Å²) in [6, 6.07) is 0. The Morgan fingerprint density at radius 2 is 0.750 bits per heavy atom. The summed E-state index contributed by atoms with van der Waals surface area (Å²) in [5, 5.41) is 0.